The Bertz CT molecular complexity index is 299. The highest BCUT2D eigenvalue weighted by Crippen LogP contribution is 2.16. The number of rotatable bonds is 8. The second-order valence-corrected chi connectivity index (χ2v) is 7.07. The van der Waals surface area contributed by atoms with E-state index < -0.39 is 0 Å². The number of nitrogens with two attached hydrogens (primary N) is 1. The van der Waals surface area contributed by atoms with Crippen molar-refractivity contribution in [3.63, 3.8) is 0 Å². The van der Waals surface area contributed by atoms with Crippen molar-refractivity contribution in [2.75, 3.05) is 46.8 Å². The van der Waals surface area contributed by atoms with Gasteiger partial charge in [0, 0.05) is 19.6 Å². The van der Waals surface area contributed by atoms with Crippen LogP contribution in [0.5, 0.6) is 0 Å². The van der Waals surface area contributed by atoms with Gasteiger partial charge in [-0.15, -0.1) is 0 Å². The third-order valence-corrected chi connectivity index (χ3v) is 4.20. The van der Waals surface area contributed by atoms with Gasteiger partial charge in [0.15, 0.2) is 0 Å². The summed E-state index contributed by atoms with van der Waals surface area (Å²) >= 11 is 0. The van der Waals surface area contributed by atoms with E-state index >= 15 is 0 Å². The molecule has 0 bridgehead atoms. The lowest BCUT2D eigenvalue weighted by Crippen LogP contribution is -2.45. The van der Waals surface area contributed by atoms with E-state index in [0.717, 1.165) is 39.1 Å². The number of likely N-dealkylation sites (N-methyl/N-ethyl adjacent to an activating group) is 1. The smallest absolute Gasteiger partial charge is 0.236 e. The number of amides is 1. The van der Waals surface area contributed by atoms with Gasteiger partial charge >= 0.3 is 0 Å². The van der Waals surface area contributed by atoms with Gasteiger partial charge in [-0.05, 0) is 58.3 Å². The van der Waals surface area contributed by atoms with Gasteiger partial charge in [0.1, 0.15) is 0 Å². The number of piperidine rings is 1. The molecular weight excluding hydrogens is 264 g/mol. The second kappa shape index (κ2) is 9.38. The van der Waals surface area contributed by atoms with E-state index in [9.17, 15) is 4.79 Å². The van der Waals surface area contributed by atoms with Crippen molar-refractivity contribution in [1.29, 1.82) is 0 Å². The molecule has 0 aliphatic carbocycles. The number of hydrogen-bond donors (Lipinski definition) is 2. The Morgan fingerprint density at radius 3 is 2.48 bits per heavy atom. The van der Waals surface area contributed by atoms with Crippen molar-refractivity contribution < 1.29 is 4.79 Å². The van der Waals surface area contributed by atoms with E-state index in [1.54, 1.807) is 0 Å². The van der Waals surface area contributed by atoms with Gasteiger partial charge in [-0.3, -0.25) is 4.79 Å². The first-order valence-electron chi connectivity index (χ1n) is 8.28. The van der Waals surface area contributed by atoms with E-state index in [4.69, 9.17) is 5.73 Å². The molecule has 0 aromatic heterocycles. The van der Waals surface area contributed by atoms with E-state index in [-0.39, 0.29) is 11.9 Å². The summed E-state index contributed by atoms with van der Waals surface area (Å²) in [5, 5.41) is 3.03. The highest BCUT2D eigenvalue weighted by molar-refractivity contribution is 5.81. The van der Waals surface area contributed by atoms with E-state index in [2.05, 4.69) is 43.1 Å². The molecule has 0 unspecified atom stereocenters. The van der Waals surface area contributed by atoms with Gasteiger partial charge in [0.05, 0.1) is 6.04 Å². The Kier molecular flexibility index (Phi) is 8.22. The molecule has 0 aromatic rings. The maximum atomic E-state index is 11.9. The standard InChI is InChI=1S/C16H34N4O/c1-13(2)11-15(17)16(21)18-12-14-5-7-20(8-6-14)10-9-19(3)4/h13-15H,5-12,17H2,1-4H3,(H,18,21)/t15-/m0/s1. The topological polar surface area (TPSA) is 61.6 Å². The third-order valence-electron chi connectivity index (χ3n) is 4.20. The monoisotopic (exact) mass is 298 g/mol. The molecule has 1 heterocycles. The van der Waals surface area contributed by atoms with Crippen molar-refractivity contribution in [1.82, 2.24) is 15.1 Å². The van der Waals surface area contributed by atoms with Gasteiger partial charge < -0.3 is 20.9 Å². The van der Waals surface area contributed by atoms with Crippen LogP contribution in [0.1, 0.15) is 33.1 Å². The highest BCUT2D eigenvalue weighted by atomic mass is 16.2. The predicted octanol–water partition coefficient (Wildman–Crippen LogP) is 0.750. The molecule has 0 spiro atoms. The van der Waals surface area contributed by atoms with Crippen LogP contribution in [0.15, 0.2) is 0 Å². The summed E-state index contributed by atoms with van der Waals surface area (Å²) in [5.74, 6) is 1.08. The molecule has 1 fully saturated rings. The largest absolute Gasteiger partial charge is 0.354 e. The number of nitrogens with one attached hydrogen (secondary N) is 1. The Hall–Kier alpha value is -0.650. The highest BCUT2D eigenvalue weighted by Gasteiger charge is 2.21. The predicted molar refractivity (Wildman–Crippen MR) is 88.2 cm³/mol. The van der Waals surface area contributed by atoms with Crippen LogP contribution < -0.4 is 11.1 Å². The van der Waals surface area contributed by atoms with Crippen LogP contribution in [-0.4, -0.2) is 68.6 Å². The zero-order chi connectivity index (χ0) is 15.8. The summed E-state index contributed by atoms with van der Waals surface area (Å²) in [6.07, 6.45) is 3.11. The lowest BCUT2D eigenvalue weighted by molar-refractivity contribution is -0.122. The molecule has 3 N–H and O–H groups in total. The van der Waals surface area contributed by atoms with Crippen LogP contribution in [0.4, 0.5) is 0 Å². The van der Waals surface area contributed by atoms with Crippen molar-refractivity contribution in [2.45, 2.75) is 39.2 Å². The summed E-state index contributed by atoms with van der Waals surface area (Å²) in [6, 6.07) is -0.356. The molecular formula is C16H34N4O. The van der Waals surface area contributed by atoms with Gasteiger partial charge in [-0.25, -0.2) is 0 Å². The SMILES string of the molecule is CC(C)C[C@H](N)C(=O)NCC1CCN(CCN(C)C)CC1. The third kappa shape index (κ3) is 7.79. The first kappa shape index (κ1) is 18.4. The molecule has 0 aromatic carbocycles. The minimum Gasteiger partial charge on any atom is -0.354 e. The van der Waals surface area contributed by atoms with Crippen molar-refractivity contribution in [3.05, 3.63) is 0 Å². The summed E-state index contributed by atoms with van der Waals surface area (Å²) in [6.45, 7) is 9.52. The normalized spacial score (nSPS) is 19.2. The van der Waals surface area contributed by atoms with Gasteiger partial charge in [-0.1, -0.05) is 13.8 Å². The molecule has 124 valence electrons. The number of carbonyl (C=O) groups excluding carboxylic acids is 1. The van der Waals surface area contributed by atoms with Gasteiger partial charge in [-0.2, -0.15) is 0 Å². The maximum Gasteiger partial charge on any atom is 0.236 e. The van der Waals surface area contributed by atoms with Crippen LogP contribution in [0.25, 0.3) is 0 Å². The van der Waals surface area contributed by atoms with Gasteiger partial charge in [0.2, 0.25) is 5.91 Å². The molecule has 1 aliphatic heterocycles. The molecule has 5 heteroatoms. The van der Waals surface area contributed by atoms with Crippen molar-refractivity contribution in [2.24, 2.45) is 17.6 Å². The molecule has 1 aliphatic rings. The summed E-state index contributed by atoms with van der Waals surface area (Å²) in [4.78, 5) is 16.7. The number of likely N-dealkylation sites (tertiary alicyclic amines) is 1. The van der Waals surface area contributed by atoms with Crippen LogP contribution in [-0.2, 0) is 4.79 Å². The Labute approximate surface area is 130 Å². The fourth-order valence-electron chi connectivity index (χ4n) is 2.75. The Morgan fingerprint density at radius 2 is 1.95 bits per heavy atom. The summed E-state index contributed by atoms with van der Waals surface area (Å²) in [7, 11) is 4.23. The van der Waals surface area contributed by atoms with Crippen molar-refractivity contribution in [3.8, 4) is 0 Å². The zero-order valence-corrected chi connectivity index (χ0v) is 14.3. The average molecular weight is 298 g/mol. The minimum atomic E-state index is -0.356. The quantitative estimate of drug-likeness (QED) is 0.694. The summed E-state index contributed by atoms with van der Waals surface area (Å²) < 4.78 is 0. The number of nitrogens with zero attached hydrogens (tertiary/aromatic N) is 2. The first-order chi connectivity index (χ1) is 9.88. The molecule has 0 radical (unpaired) electrons. The van der Waals surface area contributed by atoms with E-state index in [0.29, 0.717) is 11.8 Å². The van der Waals surface area contributed by atoms with Crippen molar-refractivity contribution >= 4 is 5.91 Å². The van der Waals surface area contributed by atoms with Crippen LogP contribution >= 0.6 is 0 Å². The fraction of sp³-hybridized carbons (Fsp3) is 0.938. The number of carbonyl (C=O) groups is 1. The maximum absolute atomic E-state index is 11.9. The average Bonchev–Trinajstić information content (AvgIpc) is 2.42. The Balaban J connectivity index is 2.16. The van der Waals surface area contributed by atoms with Gasteiger partial charge in [0.25, 0.3) is 0 Å². The molecule has 1 atom stereocenters. The van der Waals surface area contributed by atoms with Crippen LogP contribution in [0.2, 0.25) is 0 Å². The van der Waals surface area contributed by atoms with E-state index in [1.807, 2.05) is 0 Å². The number of hydrogen-bond acceptors (Lipinski definition) is 4. The molecule has 21 heavy (non-hydrogen) atoms. The van der Waals surface area contributed by atoms with Crippen LogP contribution in [0.3, 0.4) is 0 Å². The molecule has 1 amide bonds. The molecule has 1 rings (SSSR count). The second-order valence-electron chi connectivity index (χ2n) is 7.07. The van der Waals surface area contributed by atoms with Crippen LogP contribution in [0, 0.1) is 11.8 Å². The molecule has 0 saturated carbocycles. The fourth-order valence-corrected chi connectivity index (χ4v) is 2.75. The summed E-state index contributed by atoms with van der Waals surface area (Å²) in [5.41, 5.74) is 5.90. The molecule has 1 saturated heterocycles. The minimum absolute atomic E-state index is 0.0127. The lowest BCUT2D eigenvalue weighted by atomic mass is 9.96. The zero-order valence-electron chi connectivity index (χ0n) is 14.3. The molecule has 5 nitrogen and oxygen atoms in total. The van der Waals surface area contributed by atoms with E-state index in [1.165, 1.54) is 12.8 Å². The first-order valence-corrected chi connectivity index (χ1v) is 8.28. The Morgan fingerprint density at radius 1 is 1.33 bits per heavy atom. The lowest BCUT2D eigenvalue weighted by Gasteiger charge is -2.32.